The van der Waals surface area contributed by atoms with Crippen LogP contribution < -0.4 is 10.1 Å². The van der Waals surface area contributed by atoms with Crippen molar-refractivity contribution in [2.24, 2.45) is 0 Å². The molecule has 0 bridgehead atoms. The predicted molar refractivity (Wildman–Crippen MR) is 75.1 cm³/mol. The molecule has 2 aromatic rings. The number of aromatic nitrogens is 1. The first-order valence-corrected chi connectivity index (χ1v) is 6.85. The molecule has 0 aliphatic rings. The molecule has 17 heavy (non-hydrogen) atoms. The number of nitrogens with one attached hydrogen (secondary N) is 1. The molecule has 2 aromatic heterocycles. The van der Waals surface area contributed by atoms with Crippen LogP contribution in [0.4, 0.5) is 5.69 Å². The Morgan fingerprint density at radius 3 is 2.88 bits per heavy atom. The van der Waals surface area contributed by atoms with Gasteiger partial charge in [-0.1, -0.05) is 11.6 Å². The van der Waals surface area contributed by atoms with E-state index in [-0.39, 0.29) is 0 Å². The van der Waals surface area contributed by atoms with Crippen LogP contribution in [-0.4, -0.2) is 12.1 Å². The van der Waals surface area contributed by atoms with E-state index >= 15 is 0 Å². The minimum Gasteiger partial charge on any atom is -0.481 e. The quantitative estimate of drug-likeness (QED) is 0.911. The number of halogens is 2. The average molecular weight is 334 g/mol. The molecule has 0 saturated carbocycles. The Bertz CT molecular complexity index is 481. The molecule has 0 atom stereocenters. The molecular weight excluding hydrogens is 324 g/mol. The average Bonchev–Trinajstić information content (AvgIpc) is 2.67. The van der Waals surface area contributed by atoms with E-state index in [4.69, 9.17) is 16.3 Å². The Morgan fingerprint density at radius 1 is 1.53 bits per heavy atom. The van der Waals surface area contributed by atoms with Crippen molar-refractivity contribution in [1.82, 2.24) is 4.98 Å². The standard InChI is InChI=1S/C11H10BrClN2OS/c1-16-10-3-2-7(5-15-10)14-6-8-4-9(12)11(13)17-8/h2-5,14H,6H2,1H3. The fourth-order valence-corrected chi connectivity index (χ4v) is 3.00. The van der Waals surface area contributed by atoms with Crippen LogP contribution in [-0.2, 0) is 6.54 Å². The van der Waals surface area contributed by atoms with Crippen molar-refractivity contribution in [3.05, 3.63) is 38.1 Å². The van der Waals surface area contributed by atoms with Gasteiger partial charge < -0.3 is 10.1 Å². The smallest absolute Gasteiger partial charge is 0.213 e. The topological polar surface area (TPSA) is 34.1 Å². The minimum absolute atomic E-state index is 0.609. The summed E-state index contributed by atoms with van der Waals surface area (Å²) in [7, 11) is 1.60. The molecule has 0 aliphatic carbocycles. The number of anilines is 1. The van der Waals surface area contributed by atoms with E-state index < -0.39 is 0 Å². The third-order valence-electron chi connectivity index (χ3n) is 2.11. The van der Waals surface area contributed by atoms with Gasteiger partial charge in [0.1, 0.15) is 4.34 Å². The number of thiophene rings is 1. The SMILES string of the molecule is COc1ccc(NCc2cc(Br)c(Cl)s2)cn1. The first kappa shape index (κ1) is 12.7. The van der Waals surface area contributed by atoms with Gasteiger partial charge in [-0.15, -0.1) is 11.3 Å². The second kappa shape index (κ2) is 5.71. The summed E-state index contributed by atoms with van der Waals surface area (Å²) in [6.07, 6.45) is 1.74. The molecular formula is C11H10BrClN2OS. The molecule has 6 heteroatoms. The summed E-state index contributed by atoms with van der Waals surface area (Å²) < 4.78 is 6.70. The lowest BCUT2D eigenvalue weighted by atomic mass is 10.4. The van der Waals surface area contributed by atoms with Crippen LogP contribution in [0, 0.1) is 0 Å². The Kier molecular flexibility index (Phi) is 4.25. The highest BCUT2D eigenvalue weighted by atomic mass is 79.9. The largest absolute Gasteiger partial charge is 0.481 e. The molecule has 0 aliphatic heterocycles. The summed E-state index contributed by atoms with van der Waals surface area (Å²) in [5.41, 5.74) is 0.950. The van der Waals surface area contributed by atoms with Crippen molar-refractivity contribution >= 4 is 44.6 Å². The second-order valence-electron chi connectivity index (χ2n) is 3.28. The summed E-state index contributed by atoms with van der Waals surface area (Å²) in [6, 6.07) is 5.76. The van der Waals surface area contributed by atoms with E-state index in [1.165, 1.54) is 0 Å². The summed E-state index contributed by atoms with van der Waals surface area (Å²) in [5, 5.41) is 3.27. The molecule has 0 amide bonds. The molecule has 0 saturated heterocycles. The van der Waals surface area contributed by atoms with E-state index in [1.807, 2.05) is 18.2 Å². The first-order valence-electron chi connectivity index (χ1n) is 4.86. The molecule has 0 unspecified atom stereocenters. The molecule has 90 valence electrons. The number of nitrogens with zero attached hydrogens (tertiary/aromatic N) is 1. The van der Waals surface area contributed by atoms with Crippen molar-refractivity contribution in [3.8, 4) is 5.88 Å². The van der Waals surface area contributed by atoms with Crippen LogP contribution in [0.1, 0.15) is 4.88 Å². The number of hydrogen-bond donors (Lipinski definition) is 1. The zero-order valence-corrected chi connectivity index (χ0v) is 12.2. The van der Waals surface area contributed by atoms with Crippen LogP contribution in [0.15, 0.2) is 28.9 Å². The molecule has 3 nitrogen and oxygen atoms in total. The number of methoxy groups -OCH3 is 1. The maximum absolute atomic E-state index is 5.97. The lowest BCUT2D eigenvalue weighted by Gasteiger charge is -2.04. The van der Waals surface area contributed by atoms with E-state index in [1.54, 1.807) is 24.6 Å². The van der Waals surface area contributed by atoms with Crippen molar-refractivity contribution in [2.75, 3.05) is 12.4 Å². The maximum atomic E-state index is 5.97. The zero-order chi connectivity index (χ0) is 12.3. The van der Waals surface area contributed by atoms with E-state index in [9.17, 15) is 0 Å². The highest BCUT2D eigenvalue weighted by Crippen LogP contribution is 2.32. The van der Waals surface area contributed by atoms with E-state index in [0.717, 1.165) is 25.9 Å². The van der Waals surface area contributed by atoms with Crippen LogP contribution in [0.2, 0.25) is 4.34 Å². The van der Waals surface area contributed by atoms with Crippen LogP contribution in [0.3, 0.4) is 0 Å². The van der Waals surface area contributed by atoms with Gasteiger partial charge in [0.05, 0.1) is 19.0 Å². The van der Waals surface area contributed by atoms with Crippen LogP contribution in [0.25, 0.3) is 0 Å². The molecule has 0 spiro atoms. The van der Waals surface area contributed by atoms with Gasteiger partial charge in [0, 0.05) is 22.0 Å². The lowest BCUT2D eigenvalue weighted by Crippen LogP contribution is -1.98. The van der Waals surface area contributed by atoms with Gasteiger partial charge in [-0.25, -0.2) is 4.98 Å². The summed E-state index contributed by atoms with van der Waals surface area (Å²) >= 11 is 10.9. The van der Waals surface area contributed by atoms with Gasteiger partial charge in [-0.05, 0) is 28.1 Å². The lowest BCUT2D eigenvalue weighted by molar-refractivity contribution is 0.398. The normalized spacial score (nSPS) is 10.3. The minimum atomic E-state index is 0.609. The molecule has 2 heterocycles. The third-order valence-corrected chi connectivity index (χ3v) is 4.58. The fourth-order valence-electron chi connectivity index (χ4n) is 1.27. The summed E-state index contributed by atoms with van der Waals surface area (Å²) in [5.74, 6) is 0.609. The number of hydrogen-bond acceptors (Lipinski definition) is 4. The highest BCUT2D eigenvalue weighted by Gasteiger charge is 2.04. The third kappa shape index (κ3) is 3.34. The van der Waals surface area contributed by atoms with E-state index in [2.05, 4.69) is 26.2 Å². The maximum Gasteiger partial charge on any atom is 0.213 e. The zero-order valence-electron chi connectivity index (χ0n) is 9.04. The van der Waals surface area contributed by atoms with Crippen LogP contribution in [0.5, 0.6) is 5.88 Å². The van der Waals surface area contributed by atoms with Gasteiger partial charge in [-0.3, -0.25) is 0 Å². The second-order valence-corrected chi connectivity index (χ2v) is 5.87. The monoisotopic (exact) mass is 332 g/mol. The molecule has 2 rings (SSSR count). The number of pyridine rings is 1. The molecule has 1 N–H and O–H groups in total. The fraction of sp³-hybridized carbons (Fsp3) is 0.182. The van der Waals surface area contributed by atoms with Gasteiger partial charge in [0.25, 0.3) is 0 Å². The van der Waals surface area contributed by atoms with E-state index in [0.29, 0.717) is 5.88 Å². The highest BCUT2D eigenvalue weighted by molar-refractivity contribution is 9.10. The molecule has 0 radical (unpaired) electrons. The predicted octanol–water partition coefficient (Wildman–Crippen LogP) is 4.18. The Hall–Kier alpha value is -0.780. The van der Waals surface area contributed by atoms with Gasteiger partial charge in [0.15, 0.2) is 0 Å². The van der Waals surface area contributed by atoms with Gasteiger partial charge >= 0.3 is 0 Å². The van der Waals surface area contributed by atoms with Gasteiger partial charge in [0.2, 0.25) is 5.88 Å². The Morgan fingerprint density at radius 2 is 2.35 bits per heavy atom. The first-order chi connectivity index (χ1) is 8.19. The van der Waals surface area contributed by atoms with Crippen molar-refractivity contribution in [3.63, 3.8) is 0 Å². The Balaban J connectivity index is 1.97. The summed E-state index contributed by atoms with van der Waals surface area (Å²) in [4.78, 5) is 5.28. The molecule has 0 aromatic carbocycles. The Labute approximate surface area is 117 Å². The number of ether oxygens (including phenoxy) is 1. The van der Waals surface area contributed by atoms with Crippen LogP contribution >= 0.6 is 38.9 Å². The van der Waals surface area contributed by atoms with Crippen molar-refractivity contribution in [1.29, 1.82) is 0 Å². The number of rotatable bonds is 4. The van der Waals surface area contributed by atoms with Crippen molar-refractivity contribution < 1.29 is 4.74 Å². The summed E-state index contributed by atoms with van der Waals surface area (Å²) in [6.45, 7) is 0.726. The molecule has 0 fully saturated rings. The van der Waals surface area contributed by atoms with Crippen molar-refractivity contribution in [2.45, 2.75) is 6.54 Å². The van der Waals surface area contributed by atoms with Gasteiger partial charge in [-0.2, -0.15) is 0 Å².